The molecule has 0 aliphatic carbocycles. The zero-order valence-corrected chi connectivity index (χ0v) is 12.3. The number of aromatic amines is 1. The first kappa shape index (κ1) is 13.1. The number of pyridine rings is 1. The lowest BCUT2D eigenvalue weighted by atomic mass is 10.1. The molecule has 4 aromatic rings. The van der Waals surface area contributed by atoms with Crippen molar-refractivity contribution in [2.45, 2.75) is 6.42 Å². The van der Waals surface area contributed by atoms with Crippen LogP contribution in [0.4, 0.5) is 0 Å². The maximum absolute atomic E-state index is 5.90. The second kappa shape index (κ2) is 5.31. The second-order valence-corrected chi connectivity index (χ2v) is 5.50. The fourth-order valence-electron chi connectivity index (χ4n) is 2.41. The van der Waals surface area contributed by atoms with Gasteiger partial charge in [0.05, 0.1) is 11.8 Å². The lowest BCUT2D eigenvalue weighted by Crippen LogP contribution is -1.89. The highest BCUT2D eigenvalue weighted by atomic mass is 35.5. The third kappa shape index (κ3) is 2.49. The first-order valence-corrected chi connectivity index (χ1v) is 7.29. The Morgan fingerprint density at radius 3 is 2.77 bits per heavy atom. The topological polar surface area (TPSA) is 54.7 Å². The molecular formula is C17H12ClN3O. The molecule has 0 saturated heterocycles. The molecule has 4 nitrogen and oxygen atoms in total. The molecule has 3 heterocycles. The Morgan fingerprint density at radius 1 is 1.14 bits per heavy atom. The fourth-order valence-corrected chi connectivity index (χ4v) is 2.53. The highest BCUT2D eigenvalue weighted by molar-refractivity contribution is 6.30. The van der Waals surface area contributed by atoms with Gasteiger partial charge in [-0.25, -0.2) is 9.97 Å². The van der Waals surface area contributed by atoms with Crippen LogP contribution in [0.15, 0.2) is 59.3 Å². The molecule has 0 spiro atoms. The summed E-state index contributed by atoms with van der Waals surface area (Å²) in [7, 11) is 0. The van der Waals surface area contributed by atoms with E-state index in [1.807, 2.05) is 42.5 Å². The van der Waals surface area contributed by atoms with E-state index in [-0.39, 0.29) is 0 Å². The van der Waals surface area contributed by atoms with E-state index >= 15 is 0 Å². The average molecular weight is 310 g/mol. The van der Waals surface area contributed by atoms with Gasteiger partial charge in [0.2, 0.25) is 0 Å². The van der Waals surface area contributed by atoms with Gasteiger partial charge < -0.3 is 9.40 Å². The molecule has 108 valence electrons. The predicted molar refractivity (Wildman–Crippen MR) is 85.8 cm³/mol. The minimum atomic E-state index is 0.708. The first-order chi connectivity index (χ1) is 10.8. The van der Waals surface area contributed by atoms with Crippen LogP contribution in [0.2, 0.25) is 5.02 Å². The SMILES string of the molecule is Clc1ccc(Cc2nc3ncc(-c4ccco4)cc3[nH]2)cc1. The van der Waals surface area contributed by atoms with Gasteiger partial charge in [-0.3, -0.25) is 0 Å². The lowest BCUT2D eigenvalue weighted by molar-refractivity contribution is 0.582. The van der Waals surface area contributed by atoms with Crippen LogP contribution in [-0.2, 0) is 6.42 Å². The quantitative estimate of drug-likeness (QED) is 0.608. The summed E-state index contributed by atoms with van der Waals surface area (Å²) < 4.78 is 5.40. The molecule has 0 saturated carbocycles. The van der Waals surface area contributed by atoms with E-state index in [2.05, 4.69) is 15.0 Å². The van der Waals surface area contributed by atoms with Gasteiger partial charge in [-0.1, -0.05) is 23.7 Å². The molecule has 0 radical (unpaired) electrons. The molecule has 22 heavy (non-hydrogen) atoms. The van der Waals surface area contributed by atoms with Crippen LogP contribution in [0.1, 0.15) is 11.4 Å². The first-order valence-electron chi connectivity index (χ1n) is 6.91. The Bertz CT molecular complexity index is 911. The molecule has 4 rings (SSSR count). The number of furan rings is 1. The van der Waals surface area contributed by atoms with Gasteiger partial charge in [-0.05, 0) is 35.9 Å². The number of halogens is 1. The Morgan fingerprint density at radius 2 is 2.00 bits per heavy atom. The van der Waals surface area contributed by atoms with Gasteiger partial charge in [0, 0.05) is 23.2 Å². The van der Waals surface area contributed by atoms with Crippen molar-refractivity contribution in [3.63, 3.8) is 0 Å². The van der Waals surface area contributed by atoms with E-state index < -0.39 is 0 Å². The largest absolute Gasteiger partial charge is 0.464 e. The van der Waals surface area contributed by atoms with E-state index in [0.29, 0.717) is 12.1 Å². The van der Waals surface area contributed by atoms with Gasteiger partial charge in [0.25, 0.3) is 0 Å². The molecule has 0 fully saturated rings. The Kier molecular flexibility index (Phi) is 3.16. The van der Waals surface area contributed by atoms with E-state index in [0.717, 1.165) is 33.3 Å². The summed E-state index contributed by atoms with van der Waals surface area (Å²) in [6, 6.07) is 13.5. The number of rotatable bonds is 3. The molecule has 0 aliphatic rings. The van der Waals surface area contributed by atoms with Gasteiger partial charge in [0.1, 0.15) is 11.6 Å². The molecule has 5 heteroatoms. The molecule has 0 bridgehead atoms. The predicted octanol–water partition coefficient (Wildman–Crippen LogP) is 4.46. The summed E-state index contributed by atoms with van der Waals surface area (Å²) >= 11 is 5.90. The number of nitrogens with zero attached hydrogens (tertiary/aromatic N) is 2. The standard InChI is InChI=1S/C17H12ClN3O/c18-13-5-3-11(4-6-13)8-16-20-14-9-12(10-19-17(14)21-16)15-2-1-7-22-15/h1-7,9-10H,8H2,(H,19,20,21). The summed E-state index contributed by atoms with van der Waals surface area (Å²) in [6.07, 6.45) is 4.14. The van der Waals surface area contributed by atoms with Crippen LogP contribution in [0.25, 0.3) is 22.5 Å². The number of benzene rings is 1. The van der Waals surface area contributed by atoms with Crippen molar-refractivity contribution in [3.8, 4) is 11.3 Å². The lowest BCUT2D eigenvalue weighted by Gasteiger charge is -1.97. The van der Waals surface area contributed by atoms with Crippen LogP contribution in [-0.4, -0.2) is 15.0 Å². The van der Waals surface area contributed by atoms with E-state index in [1.54, 1.807) is 12.5 Å². The number of H-pyrrole nitrogens is 1. The summed E-state index contributed by atoms with van der Waals surface area (Å²) in [5, 5.41) is 0.734. The summed E-state index contributed by atoms with van der Waals surface area (Å²) in [4.78, 5) is 12.2. The zero-order valence-electron chi connectivity index (χ0n) is 11.6. The maximum Gasteiger partial charge on any atom is 0.177 e. The van der Waals surface area contributed by atoms with Crippen LogP contribution >= 0.6 is 11.6 Å². The van der Waals surface area contributed by atoms with Gasteiger partial charge in [-0.2, -0.15) is 0 Å². The van der Waals surface area contributed by atoms with Crippen molar-refractivity contribution in [3.05, 3.63) is 71.3 Å². The smallest absolute Gasteiger partial charge is 0.177 e. The number of imidazole rings is 1. The number of hydrogen-bond donors (Lipinski definition) is 1. The molecular weight excluding hydrogens is 298 g/mol. The highest BCUT2D eigenvalue weighted by Crippen LogP contribution is 2.22. The third-order valence-electron chi connectivity index (χ3n) is 3.48. The molecule has 0 atom stereocenters. The Labute approximate surface area is 131 Å². The highest BCUT2D eigenvalue weighted by Gasteiger charge is 2.08. The van der Waals surface area contributed by atoms with E-state index in [1.165, 1.54) is 0 Å². The number of nitrogens with one attached hydrogen (secondary N) is 1. The van der Waals surface area contributed by atoms with Gasteiger partial charge in [-0.15, -0.1) is 0 Å². The summed E-state index contributed by atoms with van der Waals surface area (Å²) in [6.45, 7) is 0. The molecule has 0 aliphatic heterocycles. The van der Waals surface area contributed by atoms with Crippen molar-refractivity contribution >= 4 is 22.8 Å². The van der Waals surface area contributed by atoms with E-state index in [9.17, 15) is 0 Å². The molecule has 1 N–H and O–H groups in total. The molecule has 0 amide bonds. The monoisotopic (exact) mass is 309 g/mol. The Hall–Kier alpha value is -2.59. The minimum absolute atomic E-state index is 0.708. The third-order valence-corrected chi connectivity index (χ3v) is 3.73. The minimum Gasteiger partial charge on any atom is -0.464 e. The number of aromatic nitrogens is 3. The fraction of sp³-hybridized carbons (Fsp3) is 0.0588. The van der Waals surface area contributed by atoms with Crippen molar-refractivity contribution in [2.24, 2.45) is 0 Å². The zero-order chi connectivity index (χ0) is 14.9. The van der Waals surface area contributed by atoms with Crippen molar-refractivity contribution in [1.29, 1.82) is 0 Å². The summed E-state index contributed by atoms with van der Waals surface area (Å²) in [5.41, 5.74) is 3.69. The maximum atomic E-state index is 5.90. The normalized spacial score (nSPS) is 11.1. The number of fused-ring (bicyclic) bond motifs is 1. The van der Waals surface area contributed by atoms with Gasteiger partial charge in [0.15, 0.2) is 5.65 Å². The van der Waals surface area contributed by atoms with Gasteiger partial charge >= 0.3 is 0 Å². The van der Waals surface area contributed by atoms with Crippen LogP contribution in [0, 0.1) is 0 Å². The van der Waals surface area contributed by atoms with Crippen molar-refractivity contribution in [2.75, 3.05) is 0 Å². The molecule has 1 aromatic carbocycles. The average Bonchev–Trinajstić information content (AvgIpc) is 3.17. The van der Waals surface area contributed by atoms with Crippen LogP contribution < -0.4 is 0 Å². The van der Waals surface area contributed by atoms with Crippen LogP contribution in [0.5, 0.6) is 0 Å². The van der Waals surface area contributed by atoms with E-state index in [4.69, 9.17) is 16.0 Å². The second-order valence-electron chi connectivity index (χ2n) is 5.06. The molecule has 0 unspecified atom stereocenters. The van der Waals surface area contributed by atoms with Crippen LogP contribution in [0.3, 0.4) is 0 Å². The molecule has 3 aromatic heterocycles. The number of hydrogen-bond acceptors (Lipinski definition) is 3. The van der Waals surface area contributed by atoms with Crippen molar-refractivity contribution < 1.29 is 4.42 Å². The van der Waals surface area contributed by atoms with Crippen molar-refractivity contribution in [1.82, 2.24) is 15.0 Å². The Balaban J connectivity index is 1.67. The summed E-state index contributed by atoms with van der Waals surface area (Å²) in [5.74, 6) is 1.67.